The molecule has 1 heterocycles. The molecule has 3 N–H and O–H groups in total. The van der Waals surface area contributed by atoms with Gasteiger partial charge in [0.25, 0.3) is 5.56 Å². The zero-order chi connectivity index (χ0) is 21.0. The van der Waals surface area contributed by atoms with E-state index < -0.39 is 11.9 Å². The van der Waals surface area contributed by atoms with Gasteiger partial charge in [-0.05, 0) is 80.9 Å². The molecule has 0 bridgehead atoms. The average Bonchev–Trinajstić information content (AvgIpc) is 3.25. The number of hydrogen-bond acceptors (Lipinski definition) is 4. The third kappa shape index (κ3) is 3.09. The lowest BCUT2D eigenvalue weighted by molar-refractivity contribution is -0.147. The smallest absolute Gasteiger partial charge is 0.394 e. The van der Waals surface area contributed by atoms with Crippen molar-refractivity contribution in [1.82, 2.24) is 4.98 Å². The summed E-state index contributed by atoms with van der Waals surface area (Å²) in [6, 6.07) is 1.78. The molecule has 1 fully saturated rings. The number of hydrogen-bond donors (Lipinski definition) is 3. The Kier molecular flexibility index (Phi) is 4.41. The monoisotopic (exact) mass is 408 g/mol. The fourth-order valence-corrected chi connectivity index (χ4v) is 5.16. The van der Waals surface area contributed by atoms with E-state index in [1.54, 1.807) is 12.3 Å². The van der Waals surface area contributed by atoms with Gasteiger partial charge in [0.15, 0.2) is 0 Å². The number of aromatic amines is 1. The summed E-state index contributed by atoms with van der Waals surface area (Å²) >= 11 is 0. The molecule has 3 aliphatic carbocycles. The Morgan fingerprint density at radius 2 is 1.90 bits per heavy atom. The predicted octanol–water partition coefficient (Wildman–Crippen LogP) is 3.43. The number of carboxylic acids is 1. The topological polar surface area (TPSA) is 108 Å². The van der Waals surface area contributed by atoms with Crippen LogP contribution in [0.3, 0.4) is 0 Å². The first kappa shape index (κ1) is 18.9. The first-order valence-corrected chi connectivity index (χ1v) is 10.6. The van der Waals surface area contributed by atoms with Crippen LogP contribution >= 0.6 is 0 Å². The highest BCUT2D eigenvalue weighted by Gasteiger charge is 2.39. The summed E-state index contributed by atoms with van der Waals surface area (Å²) in [4.78, 5) is 38.0. The summed E-state index contributed by atoms with van der Waals surface area (Å²) in [5, 5.41) is 11.4. The number of aryl methyl sites for hydroxylation is 1. The van der Waals surface area contributed by atoms with Crippen molar-refractivity contribution in [2.24, 2.45) is 5.92 Å². The first-order chi connectivity index (χ1) is 14.4. The maximum atomic E-state index is 12.5. The van der Waals surface area contributed by atoms with Crippen LogP contribution in [-0.4, -0.2) is 22.0 Å². The van der Waals surface area contributed by atoms with E-state index in [9.17, 15) is 14.4 Å². The normalized spacial score (nSPS) is 19.3. The fourth-order valence-electron chi connectivity index (χ4n) is 5.16. The molecule has 0 aliphatic heterocycles. The van der Waals surface area contributed by atoms with Gasteiger partial charge >= 0.3 is 11.9 Å². The SMILES string of the molecule is Cc1cc(NC(=O)C(=O)O)c2c(c1Oc1c[nH]c(=O)c3c1CCC3C1CC1)CCC2. The maximum absolute atomic E-state index is 12.5. The lowest BCUT2D eigenvalue weighted by Gasteiger charge is -2.18. The van der Waals surface area contributed by atoms with E-state index >= 15 is 0 Å². The van der Waals surface area contributed by atoms with Crippen molar-refractivity contribution < 1.29 is 19.4 Å². The van der Waals surface area contributed by atoms with Crippen LogP contribution in [0.2, 0.25) is 0 Å². The summed E-state index contributed by atoms with van der Waals surface area (Å²) in [7, 11) is 0. The van der Waals surface area contributed by atoms with E-state index in [2.05, 4.69) is 10.3 Å². The van der Waals surface area contributed by atoms with Gasteiger partial charge in [0, 0.05) is 28.6 Å². The number of pyridine rings is 1. The zero-order valence-electron chi connectivity index (χ0n) is 16.8. The maximum Gasteiger partial charge on any atom is 0.394 e. The highest BCUT2D eigenvalue weighted by molar-refractivity contribution is 6.36. The second-order valence-corrected chi connectivity index (χ2v) is 8.60. The minimum Gasteiger partial charge on any atom is -0.474 e. The Morgan fingerprint density at radius 3 is 2.63 bits per heavy atom. The number of fused-ring (bicyclic) bond motifs is 2. The van der Waals surface area contributed by atoms with Crippen molar-refractivity contribution in [2.45, 2.75) is 57.8 Å². The van der Waals surface area contributed by atoms with Crippen LogP contribution in [0.15, 0.2) is 17.1 Å². The third-order valence-corrected chi connectivity index (χ3v) is 6.66. The first-order valence-electron chi connectivity index (χ1n) is 10.6. The van der Waals surface area contributed by atoms with Gasteiger partial charge in [0.2, 0.25) is 0 Å². The Hall–Kier alpha value is -3.09. The van der Waals surface area contributed by atoms with E-state index in [0.29, 0.717) is 23.3 Å². The number of carboxylic acid groups (broad SMARTS) is 1. The van der Waals surface area contributed by atoms with Crippen molar-refractivity contribution in [1.29, 1.82) is 0 Å². The third-order valence-electron chi connectivity index (χ3n) is 6.66. The molecule has 30 heavy (non-hydrogen) atoms. The number of benzene rings is 1. The van der Waals surface area contributed by atoms with Crippen LogP contribution in [0.5, 0.6) is 11.5 Å². The lowest BCUT2D eigenvalue weighted by atomic mass is 9.97. The molecule has 0 saturated heterocycles. The minimum absolute atomic E-state index is 0.000400. The Labute approximate surface area is 173 Å². The molecule has 5 rings (SSSR count). The van der Waals surface area contributed by atoms with Gasteiger partial charge in [-0.3, -0.25) is 9.59 Å². The quantitative estimate of drug-likeness (QED) is 0.672. The van der Waals surface area contributed by atoms with Crippen molar-refractivity contribution >= 4 is 17.6 Å². The highest BCUT2D eigenvalue weighted by Crippen LogP contribution is 2.50. The molecular formula is C23H24N2O5. The second kappa shape index (κ2) is 7.00. The second-order valence-electron chi connectivity index (χ2n) is 8.60. The molecule has 0 spiro atoms. The molecular weight excluding hydrogens is 384 g/mol. The average molecular weight is 408 g/mol. The number of carbonyl (C=O) groups is 2. The molecule has 7 heteroatoms. The number of ether oxygens (including phenoxy) is 1. The molecule has 1 aromatic heterocycles. The molecule has 1 aromatic carbocycles. The lowest BCUT2D eigenvalue weighted by Crippen LogP contribution is -2.22. The molecule has 7 nitrogen and oxygen atoms in total. The van der Waals surface area contributed by atoms with Crippen molar-refractivity contribution in [3.05, 3.63) is 50.4 Å². The van der Waals surface area contributed by atoms with Crippen molar-refractivity contribution in [2.75, 3.05) is 5.32 Å². The van der Waals surface area contributed by atoms with Crippen LogP contribution in [0.25, 0.3) is 0 Å². The van der Waals surface area contributed by atoms with E-state index in [1.165, 1.54) is 12.8 Å². The van der Waals surface area contributed by atoms with E-state index in [-0.39, 0.29) is 5.56 Å². The number of amides is 1. The van der Waals surface area contributed by atoms with Crippen LogP contribution < -0.4 is 15.6 Å². The molecule has 1 amide bonds. The number of anilines is 1. The van der Waals surface area contributed by atoms with E-state index in [0.717, 1.165) is 65.7 Å². The largest absolute Gasteiger partial charge is 0.474 e. The molecule has 1 atom stereocenters. The van der Waals surface area contributed by atoms with Gasteiger partial charge in [-0.25, -0.2) is 4.79 Å². The van der Waals surface area contributed by atoms with Gasteiger partial charge in [-0.15, -0.1) is 0 Å². The van der Waals surface area contributed by atoms with Crippen LogP contribution in [0, 0.1) is 12.8 Å². The number of carbonyl (C=O) groups excluding carboxylic acids is 1. The van der Waals surface area contributed by atoms with Crippen LogP contribution in [0.1, 0.15) is 59.4 Å². The van der Waals surface area contributed by atoms with E-state index in [1.807, 2.05) is 6.92 Å². The summed E-state index contributed by atoms with van der Waals surface area (Å²) in [6.45, 7) is 1.89. The molecule has 3 aliphatic rings. The predicted molar refractivity (Wildman–Crippen MR) is 110 cm³/mol. The summed E-state index contributed by atoms with van der Waals surface area (Å²) in [5.74, 6) is -0.124. The molecule has 1 saturated carbocycles. The van der Waals surface area contributed by atoms with Crippen molar-refractivity contribution in [3.63, 3.8) is 0 Å². The Bertz CT molecular complexity index is 1130. The fraction of sp³-hybridized carbons (Fsp3) is 0.435. The number of rotatable bonds is 4. The molecule has 156 valence electrons. The summed E-state index contributed by atoms with van der Waals surface area (Å²) in [6.07, 6.45) is 8.39. The molecule has 0 radical (unpaired) electrons. The van der Waals surface area contributed by atoms with Gasteiger partial charge in [-0.1, -0.05) is 0 Å². The summed E-state index contributed by atoms with van der Waals surface area (Å²) < 4.78 is 6.41. The minimum atomic E-state index is -1.51. The van der Waals surface area contributed by atoms with Gasteiger partial charge in [0.05, 0.1) is 0 Å². The summed E-state index contributed by atoms with van der Waals surface area (Å²) in [5.41, 5.74) is 5.22. The Morgan fingerprint density at radius 1 is 1.13 bits per heavy atom. The number of H-pyrrole nitrogens is 1. The van der Waals surface area contributed by atoms with Gasteiger partial charge in [-0.2, -0.15) is 0 Å². The molecule has 1 unspecified atom stereocenters. The molecule has 2 aromatic rings. The van der Waals surface area contributed by atoms with Crippen molar-refractivity contribution in [3.8, 4) is 11.5 Å². The number of aliphatic carboxylic acids is 1. The zero-order valence-corrected chi connectivity index (χ0v) is 16.8. The standard InChI is InChI=1S/C23H24N2O5/c1-11-9-17(25-22(27)23(28)29)14-3-2-4-15(14)20(11)30-18-10-24-21(26)19-13(12-5-6-12)7-8-16(18)19/h9-10,12-13H,2-8H2,1H3,(H,24,26)(H,25,27)(H,28,29). The number of aromatic nitrogens is 1. The number of nitrogens with one attached hydrogen (secondary N) is 2. The van der Waals surface area contributed by atoms with Gasteiger partial charge < -0.3 is 20.1 Å². The van der Waals surface area contributed by atoms with E-state index in [4.69, 9.17) is 9.84 Å². The van der Waals surface area contributed by atoms with Crippen LogP contribution in [-0.2, 0) is 28.9 Å². The Balaban J connectivity index is 1.52. The van der Waals surface area contributed by atoms with Gasteiger partial charge in [0.1, 0.15) is 11.5 Å². The van der Waals surface area contributed by atoms with Crippen LogP contribution in [0.4, 0.5) is 5.69 Å². The highest BCUT2D eigenvalue weighted by atomic mass is 16.5.